The highest BCUT2D eigenvalue weighted by molar-refractivity contribution is 5.21. The van der Waals surface area contributed by atoms with Crippen LogP contribution in [0, 0.1) is 22.7 Å². The number of fused-ring (bicyclic) bond motifs is 2. The lowest BCUT2D eigenvalue weighted by Crippen LogP contribution is -2.57. The second kappa shape index (κ2) is 4.44. The molecule has 3 rings (SSSR count). The fourth-order valence-corrected chi connectivity index (χ4v) is 4.13. The van der Waals surface area contributed by atoms with Crippen LogP contribution < -0.4 is 0 Å². The van der Waals surface area contributed by atoms with E-state index in [2.05, 4.69) is 19.9 Å². The van der Waals surface area contributed by atoms with E-state index in [1.165, 1.54) is 0 Å². The predicted octanol–water partition coefficient (Wildman–Crippen LogP) is 2.01. The molecule has 106 valence electrons. The number of aliphatic hydroxyl groups is 1. The quantitative estimate of drug-likeness (QED) is 0.829. The lowest BCUT2D eigenvalue weighted by molar-refractivity contribution is -0.172. The van der Waals surface area contributed by atoms with Crippen molar-refractivity contribution in [2.24, 2.45) is 11.3 Å². The molecule has 2 bridgehead atoms. The van der Waals surface area contributed by atoms with Crippen molar-refractivity contribution in [3.8, 4) is 6.07 Å². The van der Waals surface area contributed by atoms with Gasteiger partial charge in [-0.15, -0.1) is 0 Å². The van der Waals surface area contributed by atoms with Gasteiger partial charge in [0.25, 0.3) is 0 Å². The first-order valence-corrected chi connectivity index (χ1v) is 7.41. The van der Waals surface area contributed by atoms with Gasteiger partial charge in [-0.1, -0.05) is 13.8 Å². The van der Waals surface area contributed by atoms with E-state index in [0.717, 1.165) is 12.8 Å². The molecule has 0 aromatic heterocycles. The summed E-state index contributed by atoms with van der Waals surface area (Å²) < 4.78 is 11.6. The van der Waals surface area contributed by atoms with Crippen LogP contribution in [0.3, 0.4) is 0 Å². The van der Waals surface area contributed by atoms with Crippen LogP contribution in [0.1, 0.15) is 46.0 Å². The molecule has 0 aromatic rings. The van der Waals surface area contributed by atoms with Crippen LogP contribution in [0.25, 0.3) is 0 Å². The zero-order valence-electron chi connectivity index (χ0n) is 11.8. The zero-order chi connectivity index (χ0) is 13.7. The minimum Gasteiger partial charge on any atom is -0.388 e. The summed E-state index contributed by atoms with van der Waals surface area (Å²) in [4.78, 5) is 0. The Morgan fingerprint density at radius 2 is 2.11 bits per heavy atom. The van der Waals surface area contributed by atoms with Gasteiger partial charge in [-0.3, -0.25) is 0 Å². The molecule has 4 heteroatoms. The van der Waals surface area contributed by atoms with Crippen molar-refractivity contribution in [1.82, 2.24) is 0 Å². The van der Waals surface area contributed by atoms with Gasteiger partial charge < -0.3 is 14.6 Å². The average Bonchev–Trinajstić information content (AvgIpc) is 2.99. The second-order valence-electron chi connectivity index (χ2n) is 6.75. The molecular formula is C15H23NO3. The molecule has 0 spiro atoms. The Bertz CT molecular complexity index is 405. The maximum absolute atomic E-state index is 11.2. The molecule has 1 N–H and O–H groups in total. The molecular weight excluding hydrogens is 242 g/mol. The molecule has 5 atom stereocenters. The van der Waals surface area contributed by atoms with E-state index in [9.17, 15) is 10.4 Å². The van der Waals surface area contributed by atoms with Crippen molar-refractivity contribution in [2.75, 3.05) is 6.61 Å². The van der Waals surface area contributed by atoms with Crippen LogP contribution in [0.15, 0.2) is 0 Å². The average molecular weight is 265 g/mol. The van der Waals surface area contributed by atoms with Crippen LogP contribution in [-0.2, 0) is 9.47 Å². The van der Waals surface area contributed by atoms with E-state index < -0.39 is 11.0 Å². The van der Waals surface area contributed by atoms with Gasteiger partial charge in [0.05, 0.1) is 30.0 Å². The maximum Gasteiger partial charge on any atom is 0.115 e. The largest absolute Gasteiger partial charge is 0.388 e. The maximum atomic E-state index is 11.2. The van der Waals surface area contributed by atoms with Gasteiger partial charge in [0.1, 0.15) is 5.41 Å². The summed E-state index contributed by atoms with van der Waals surface area (Å²) in [7, 11) is 0. The first-order valence-electron chi connectivity index (χ1n) is 7.41. The standard InChI is InChI=1S/C15H23NO3/c1-10(2)12-8-15(17,5-6-18-12)14(9-16)7-11-3-4-13(14)19-11/h10-13,17H,3-8H2,1-2H3. The molecule has 3 aliphatic rings. The van der Waals surface area contributed by atoms with Gasteiger partial charge in [-0.2, -0.15) is 5.26 Å². The van der Waals surface area contributed by atoms with Crippen LogP contribution >= 0.6 is 0 Å². The van der Waals surface area contributed by atoms with Gasteiger partial charge in [0, 0.05) is 19.4 Å². The summed E-state index contributed by atoms with van der Waals surface area (Å²) in [6.45, 7) is 4.75. The molecule has 0 saturated carbocycles. The number of hydrogen-bond donors (Lipinski definition) is 1. The lowest BCUT2D eigenvalue weighted by atomic mass is 9.60. The molecule has 3 heterocycles. The van der Waals surface area contributed by atoms with Crippen molar-refractivity contribution in [1.29, 1.82) is 5.26 Å². The highest BCUT2D eigenvalue weighted by Gasteiger charge is 2.64. The van der Waals surface area contributed by atoms with Gasteiger partial charge >= 0.3 is 0 Å². The zero-order valence-corrected chi connectivity index (χ0v) is 11.8. The molecule has 0 aromatic carbocycles. The first kappa shape index (κ1) is 13.4. The van der Waals surface area contributed by atoms with Crippen LogP contribution in [0.4, 0.5) is 0 Å². The highest BCUT2D eigenvalue weighted by atomic mass is 16.5. The molecule has 0 aliphatic carbocycles. The molecule has 4 nitrogen and oxygen atoms in total. The summed E-state index contributed by atoms with van der Waals surface area (Å²) >= 11 is 0. The predicted molar refractivity (Wildman–Crippen MR) is 69.3 cm³/mol. The van der Waals surface area contributed by atoms with E-state index in [-0.39, 0.29) is 18.3 Å². The molecule has 0 radical (unpaired) electrons. The summed E-state index contributed by atoms with van der Waals surface area (Å²) in [5, 5.41) is 20.9. The number of nitrogens with zero attached hydrogens (tertiary/aromatic N) is 1. The third-order valence-corrected chi connectivity index (χ3v) is 5.37. The summed E-state index contributed by atoms with van der Waals surface area (Å²) in [5.41, 5.74) is -1.67. The fraction of sp³-hybridized carbons (Fsp3) is 0.933. The smallest absolute Gasteiger partial charge is 0.115 e. The fourth-order valence-electron chi connectivity index (χ4n) is 4.13. The van der Waals surface area contributed by atoms with Crippen LogP contribution in [0.5, 0.6) is 0 Å². The van der Waals surface area contributed by atoms with E-state index in [1.807, 2.05) is 0 Å². The van der Waals surface area contributed by atoms with Crippen molar-refractivity contribution in [3.05, 3.63) is 0 Å². The summed E-state index contributed by atoms with van der Waals surface area (Å²) in [6.07, 6.45) is 3.88. The van der Waals surface area contributed by atoms with Crippen molar-refractivity contribution in [2.45, 2.75) is 69.9 Å². The Labute approximate surface area is 114 Å². The second-order valence-corrected chi connectivity index (χ2v) is 6.75. The van der Waals surface area contributed by atoms with Crippen molar-refractivity contribution in [3.63, 3.8) is 0 Å². The van der Waals surface area contributed by atoms with E-state index in [1.54, 1.807) is 0 Å². The lowest BCUT2D eigenvalue weighted by Gasteiger charge is -2.48. The topological polar surface area (TPSA) is 62.5 Å². The summed E-state index contributed by atoms with van der Waals surface area (Å²) in [6, 6.07) is 2.45. The Balaban J connectivity index is 1.88. The van der Waals surface area contributed by atoms with Gasteiger partial charge in [-0.05, 0) is 25.2 Å². The van der Waals surface area contributed by atoms with Gasteiger partial charge in [0.2, 0.25) is 0 Å². The van der Waals surface area contributed by atoms with Crippen molar-refractivity contribution < 1.29 is 14.6 Å². The molecule has 19 heavy (non-hydrogen) atoms. The van der Waals surface area contributed by atoms with Gasteiger partial charge in [0.15, 0.2) is 0 Å². The molecule has 3 fully saturated rings. The minimum absolute atomic E-state index is 0.0445. The molecule has 5 unspecified atom stereocenters. The number of rotatable bonds is 2. The molecule has 0 amide bonds. The number of ether oxygens (including phenoxy) is 2. The van der Waals surface area contributed by atoms with E-state index >= 15 is 0 Å². The molecule has 3 saturated heterocycles. The van der Waals surface area contributed by atoms with Crippen LogP contribution in [0.2, 0.25) is 0 Å². The van der Waals surface area contributed by atoms with E-state index in [0.29, 0.717) is 31.8 Å². The molecule has 3 aliphatic heterocycles. The Kier molecular flexibility index (Phi) is 3.12. The highest BCUT2D eigenvalue weighted by Crippen LogP contribution is 2.56. The third-order valence-electron chi connectivity index (χ3n) is 5.37. The number of hydrogen-bond acceptors (Lipinski definition) is 4. The Morgan fingerprint density at radius 1 is 1.32 bits per heavy atom. The monoisotopic (exact) mass is 265 g/mol. The van der Waals surface area contributed by atoms with Crippen LogP contribution in [-0.4, -0.2) is 35.6 Å². The number of nitriles is 1. The van der Waals surface area contributed by atoms with E-state index in [4.69, 9.17) is 9.47 Å². The SMILES string of the molecule is CC(C)C1CC(O)(C2(C#N)CC3CCC2O3)CCO1. The normalized spacial score (nSPS) is 49.5. The summed E-state index contributed by atoms with van der Waals surface area (Å²) in [5.74, 6) is 0.363. The minimum atomic E-state index is -0.950. The third kappa shape index (κ3) is 1.83. The van der Waals surface area contributed by atoms with Crippen molar-refractivity contribution >= 4 is 0 Å². The van der Waals surface area contributed by atoms with Gasteiger partial charge in [-0.25, -0.2) is 0 Å². The Morgan fingerprint density at radius 3 is 2.63 bits per heavy atom. The Hall–Kier alpha value is -0.630. The first-order chi connectivity index (χ1) is 9.01.